The number of alkyl halides is 1. The van der Waals surface area contributed by atoms with Crippen LogP contribution in [0.5, 0.6) is 0 Å². The van der Waals surface area contributed by atoms with Crippen LogP contribution < -0.4 is 5.32 Å². The minimum atomic E-state index is -1.33. The van der Waals surface area contributed by atoms with Gasteiger partial charge in [-0.15, -0.1) is 0 Å². The van der Waals surface area contributed by atoms with Crippen LogP contribution in [0.4, 0.5) is 5.69 Å². The van der Waals surface area contributed by atoms with Gasteiger partial charge in [0.2, 0.25) is 0 Å². The quantitative estimate of drug-likeness (QED) is 0.776. The third-order valence-corrected chi connectivity index (χ3v) is 4.30. The number of rotatable bonds is 1. The van der Waals surface area contributed by atoms with Crippen molar-refractivity contribution < 1.29 is 4.79 Å². The first kappa shape index (κ1) is 12.8. The fourth-order valence-corrected chi connectivity index (χ4v) is 3.12. The topological polar surface area (TPSA) is 29.1 Å². The Balaban J connectivity index is 2.28. The zero-order valence-corrected chi connectivity index (χ0v) is 11.9. The minimum absolute atomic E-state index is 0.320. The monoisotopic (exact) mass is 311 g/mol. The highest BCUT2D eigenvalue weighted by Gasteiger charge is 2.48. The van der Waals surface area contributed by atoms with Crippen molar-refractivity contribution in [3.8, 4) is 0 Å². The Bertz CT molecular complexity index is 686. The zero-order valence-electron chi connectivity index (χ0n) is 9.58. The Labute approximate surface area is 125 Å². The van der Waals surface area contributed by atoms with Crippen LogP contribution in [0.15, 0.2) is 42.5 Å². The minimum Gasteiger partial charge on any atom is -0.324 e. The lowest BCUT2D eigenvalue weighted by Gasteiger charge is -2.21. The van der Waals surface area contributed by atoms with Gasteiger partial charge in [0.1, 0.15) is 0 Å². The van der Waals surface area contributed by atoms with E-state index < -0.39 is 4.87 Å². The van der Waals surface area contributed by atoms with Crippen LogP contribution in [0, 0.1) is 0 Å². The van der Waals surface area contributed by atoms with Gasteiger partial charge in [-0.05, 0) is 24.3 Å². The van der Waals surface area contributed by atoms with Crippen molar-refractivity contribution in [2.24, 2.45) is 0 Å². The van der Waals surface area contributed by atoms with Gasteiger partial charge in [-0.1, -0.05) is 53.0 Å². The van der Waals surface area contributed by atoms with E-state index in [2.05, 4.69) is 5.32 Å². The number of fused-ring (bicyclic) bond motifs is 1. The van der Waals surface area contributed by atoms with Gasteiger partial charge in [0.05, 0.1) is 0 Å². The van der Waals surface area contributed by atoms with Gasteiger partial charge >= 0.3 is 0 Å². The molecule has 1 unspecified atom stereocenters. The van der Waals surface area contributed by atoms with Crippen LogP contribution in [-0.2, 0) is 9.67 Å². The van der Waals surface area contributed by atoms with Gasteiger partial charge < -0.3 is 5.32 Å². The second-order valence-corrected chi connectivity index (χ2v) is 5.69. The number of halogens is 3. The summed E-state index contributed by atoms with van der Waals surface area (Å²) < 4.78 is 0. The molecule has 5 heteroatoms. The lowest BCUT2D eigenvalue weighted by Crippen LogP contribution is -2.29. The van der Waals surface area contributed by atoms with Crippen LogP contribution in [0.2, 0.25) is 10.0 Å². The fourth-order valence-electron chi connectivity index (χ4n) is 2.25. The molecule has 19 heavy (non-hydrogen) atoms. The lowest BCUT2D eigenvalue weighted by atomic mass is 9.91. The molecule has 1 aliphatic rings. The van der Waals surface area contributed by atoms with Crippen molar-refractivity contribution in [3.05, 3.63) is 63.6 Å². The molecule has 1 atom stereocenters. The van der Waals surface area contributed by atoms with Gasteiger partial charge in [-0.2, -0.15) is 0 Å². The molecule has 1 aliphatic heterocycles. The summed E-state index contributed by atoms with van der Waals surface area (Å²) in [7, 11) is 0. The Morgan fingerprint density at radius 2 is 1.74 bits per heavy atom. The maximum Gasteiger partial charge on any atom is 0.254 e. The van der Waals surface area contributed by atoms with Gasteiger partial charge in [0.25, 0.3) is 5.91 Å². The summed E-state index contributed by atoms with van der Waals surface area (Å²) in [6.45, 7) is 0. The molecule has 1 N–H and O–H groups in total. The van der Waals surface area contributed by atoms with Crippen molar-refractivity contribution in [1.82, 2.24) is 0 Å². The van der Waals surface area contributed by atoms with Crippen LogP contribution in [0.1, 0.15) is 11.1 Å². The maximum absolute atomic E-state index is 12.3. The number of nitrogens with one attached hydrogen (secondary N) is 1. The van der Waals surface area contributed by atoms with Crippen LogP contribution >= 0.6 is 34.8 Å². The van der Waals surface area contributed by atoms with E-state index in [0.717, 1.165) is 0 Å². The van der Waals surface area contributed by atoms with E-state index in [1.807, 2.05) is 0 Å². The first-order valence-corrected chi connectivity index (χ1v) is 6.72. The number of amides is 1. The Kier molecular flexibility index (Phi) is 2.97. The number of carbonyl (C=O) groups is 1. The van der Waals surface area contributed by atoms with Crippen molar-refractivity contribution in [2.45, 2.75) is 4.87 Å². The van der Waals surface area contributed by atoms with Crippen molar-refractivity contribution >= 4 is 46.4 Å². The summed E-state index contributed by atoms with van der Waals surface area (Å²) in [5.74, 6) is -0.320. The highest BCUT2D eigenvalue weighted by atomic mass is 35.5. The molecule has 1 heterocycles. The van der Waals surface area contributed by atoms with Crippen molar-refractivity contribution in [3.63, 3.8) is 0 Å². The molecular weight excluding hydrogens is 305 g/mol. The Morgan fingerprint density at radius 3 is 2.47 bits per heavy atom. The van der Waals surface area contributed by atoms with E-state index in [4.69, 9.17) is 34.8 Å². The summed E-state index contributed by atoms with van der Waals surface area (Å²) in [5, 5.41) is 3.72. The molecule has 2 aromatic carbocycles. The molecule has 0 aliphatic carbocycles. The van der Waals surface area contributed by atoms with E-state index in [-0.39, 0.29) is 5.91 Å². The molecule has 2 nitrogen and oxygen atoms in total. The van der Waals surface area contributed by atoms with Gasteiger partial charge in [0, 0.05) is 26.9 Å². The molecule has 0 radical (unpaired) electrons. The largest absolute Gasteiger partial charge is 0.324 e. The molecule has 0 aromatic heterocycles. The molecule has 0 bridgehead atoms. The molecule has 0 spiro atoms. The highest BCUT2D eigenvalue weighted by molar-refractivity contribution is 6.43. The maximum atomic E-state index is 12.3. The molecule has 2 aromatic rings. The number of carbonyl (C=O) groups excluding carboxylic acids is 1. The van der Waals surface area contributed by atoms with Crippen molar-refractivity contribution in [1.29, 1.82) is 0 Å². The summed E-state index contributed by atoms with van der Waals surface area (Å²) in [6, 6.07) is 12.2. The Morgan fingerprint density at radius 1 is 1.00 bits per heavy atom. The average Bonchev–Trinajstić information content (AvgIpc) is 2.64. The van der Waals surface area contributed by atoms with Crippen LogP contribution in [-0.4, -0.2) is 5.91 Å². The SMILES string of the molecule is O=C1Nc2ccc(Cl)cc2C1(Cl)c1ccccc1Cl. The van der Waals surface area contributed by atoms with E-state index in [1.54, 1.807) is 42.5 Å². The normalized spacial score (nSPS) is 21.1. The number of hydrogen-bond donors (Lipinski definition) is 1. The fraction of sp³-hybridized carbons (Fsp3) is 0.0714. The number of benzene rings is 2. The summed E-state index contributed by atoms with van der Waals surface area (Å²) >= 11 is 18.8. The molecule has 0 saturated carbocycles. The molecule has 1 amide bonds. The smallest absolute Gasteiger partial charge is 0.254 e. The Hall–Kier alpha value is -1.22. The second-order valence-electron chi connectivity index (χ2n) is 4.28. The number of hydrogen-bond acceptors (Lipinski definition) is 1. The van der Waals surface area contributed by atoms with Crippen LogP contribution in [0.25, 0.3) is 0 Å². The van der Waals surface area contributed by atoms with E-state index in [0.29, 0.717) is 26.9 Å². The standard InChI is InChI=1S/C14H8Cl3NO/c15-8-5-6-12-10(7-8)14(17,13(19)18-12)9-3-1-2-4-11(9)16/h1-7H,(H,18,19). The first-order valence-electron chi connectivity index (χ1n) is 5.59. The first-order chi connectivity index (χ1) is 9.03. The zero-order chi connectivity index (χ0) is 13.6. The second kappa shape index (κ2) is 4.41. The third kappa shape index (κ3) is 1.83. The predicted molar refractivity (Wildman–Crippen MR) is 78.2 cm³/mol. The predicted octanol–water partition coefficient (Wildman–Crippen LogP) is 4.43. The van der Waals surface area contributed by atoms with E-state index in [9.17, 15) is 4.79 Å². The summed E-state index contributed by atoms with van der Waals surface area (Å²) in [4.78, 5) is 10.9. The van der Waals surface area contributed by atoms with Crippen LogP contribution in [0.3, 0.4) is 0 Å². The van der Waals surface area contributed by atoms with E-state index in [1.165, 1.54) is 0 Å². The molecule has 96 valence electrons. The highest BCUT2D eigenvalue weighted by Crippen LogP contribution is 2.48. The summed E-state index contributed by atoms with van der Waals surface area (Å²) in [6.07, 6.45) is 0. The van der Waals surface area contributed by atoms with E-state index >= 15 is 0 Å². The van der Waals surface area contributed by atoms with Gasteiger partial charge in [0.15, 0.2) is 4.87 Å². The summed E-state index contributed by atoms with van der Waals surface area (Å²) in [5.41, 5.74) is 1.83. The van der Waals surface area contributed by atoms with Gasteiger partial charge in [-0.25, -0.2) is 0 Å². The lowest BCUT2D eigenvalue weighted by molar-refractivity contribution is -0.117. The molecular formula is C14H8Cl3NO. The average molecular weight is 313 g/mol. The van der Waals surface area contributed by atoms with Gasteiger partial charge in [-0.3, -0.25) is 4.79 Å². The third-order valence-electron chi connectivity index (χ3n) is 3.16. The number of anilines is 1. The molecule has 0 saturated heterocycles. The van der Waals surface area contributed by atoms with Crippen molar-refractivity contribution in [2.75, 3.05) is 5.32 Å². The molecule has 3 rings (SSSR count). The molecule has 0 fully saturated rings.